The molecule has 0 saturated carbocycles. The van der Waals surface area contributed by atoms with Crippen LogP contribution < -0.4 is 5.32 Å². The van der Waals surface area contributed by atoms with Crippen LogP contribution in [0.5, 0.6) is 0 Å². The largest absolute Gasteiger partial charge is 0.478 e. The summed E-state index contributed by atoms with van der Waals surface area (Å²) in [6, 6.07) is 9.81. The number of benzene rings is 1. The minimum absolute atomic E-state index is 0.0722. The van der Waals surface area contributed by atoms with Crippen molar-refractivity contribution < 1.29 is 37.3 Å². The molecule has 0 spiro atoms. The molecule has 0 aromatic heterocycles. The minimum atomic E-state index is -4.61. The molecule has 7 unspecified atom stereocenters. The number of nitrogens with one attached hydrogen (secondary N) is 1. The van der Waals surface area contributed by atoms with E-state index in [0.29, 0.717) is 13.0 Å². The third-order valence-corrected chi connectivity index (χ3v) is 8.99. The average molecular weight is 750 g/mol. The van der Waals surface area contributed by atoms with Crippen molar-refractivity contribution in [1.29, 1.82) is 0 Å². The number of hydrogen-bond donors (Lipinski definition) is 5. The second-order valence-electron chi connectivity index (χ2n) is 12.8. The number of aliphatic hydroxyl groups is 2. The molecule has 0 saturated heterocycles. The quantitative estimate of drug-likeness (QED) is 0.0219. The Labute approximate surface area is 317 Å². The Balaban J connectivity index is 2.45. The molecule has 5 N–H and O–H groups in total. The molecule has 0 amide bonds. The highest BCUT2D eigenvalue weighted by molar-refractivity contribution is 7.80. The SMILES string of the molecule is CC(=CC=CC=CCCC=CC(C)C(O)C(C)C(O)C=CC=CC=CC=CC=CC=CCC(OS(=O)(=O)O)C(C)C(C)NCc1ccccc1)C(=O)O. The number of carboxylic acids is 1. The molecular weight excluding hydrogens is 691 g/mol. The number of aliphatic hydroxyl groups excluding tert-OH is 2. The lowest BCUT2D eigenvalue weighted by Gasteiger charge is -2.27. The lowest BCUT2D eigenvalue weighted by molar-refractivity contribution is -0.132. The summed E-state index contributed by atoms with van der Waals surface area (Å²) < 4.78 is 37.3. The van der Waals surface area contributed by atoms with Gasteiger partial charge in [-0.1, -0.05) is 167 Å². The van der Waals surface area contributed by atoms with E-state index in [1.807, 2.05) is 125 Å². The normalized spacial score (nSPS) is 17.8. The van der Waals surface area contributed by atoms with Gasteiger partial charge in [0.2, 0.25) is 0 Å². The van der Waals surface area contributed by atoms with Gasteiger partial charge in [0.05, 0.1) is 18.3 Å². The van der Waals surface area contributed by atoms with Gasteiger partial charge in [0, 0.05) is 30.0 Å². The third-order valence-electron chi connectivity index (χ3n) is 8.50. The molecular formula is C43H59NO8S. The predicted molar refractivity (Wildman–Crippen MR) is 216 cm³/mol. The molecule has 1 rings (SSSR count). The van der Waals surface area contributed by atoms with Crippen molar-refractivity contribution in [1.82, 2.24) is 5.32 Å². The maximum Gasteiger partial charge on any atom is 0.397 e. The van der Waals surface area contributed by atoms with Crippen LogP contribution in [0, 0.1) is 17.8 Å². The summed E-state index contributed by atoms with van der Waals surface area (Å²) in [6.45, 7) is 9.74. The van der Waals surface area contributed by atoms with Crippen molar-refractivity contribution in [3.05, 3.63) is 157 Å². The van der Waals surface area contributed by atoms with E-state index in [-0.39, 0.29) is 29.4 Å². The molecule has 0 aliphatic carbocycles. The van der Waals surface area contributed by atoms with Crippen LogP contribution in [0.15, 0.2) is 151 Å². The summed E-state index contributed by atoms with van der Waals surface area (Å²) >= 11 is 0. The number of carboxylic acid groups (broad SMARTS) is 1. The van der Waals surface area contributed by atoms with Gasteiger partial charge < -0.3 is 20.6 Å². The van der Waals surface area contributed by atoms with E-state index in [2.05, 4.69) is 5.32 Å². The van der Waals surface area contributed by atoms with Crippen molar-refractivity contribution in [2.75, 3.05) is 0 Å². The summed E-state index contributed by atoms with van der Waals surface area (Å²) in [4.78, 5) is 10.7. The first kappa shape index (κ1) is 46.9. The van der Waals surface area contributed by atoms with E-state index >= 15 is 0 Å². The molecule has 290 valence electrons. The number of allylic oxidation sites excluding steroid dienone is 16. The summed E-state index contributed by atoms with van der Waals surface area (Å²) in [5.74, 6) is -1.63. The van der Waals surface area contributed by atoms with Crippen LogP contribution in [0.3, 0.4) is 0 Å². The molecule has 0 heterocycles. The summed E-state index contributed by atoms with van der Waals surface area (Å²) in [7, 11) is -4.61. The Morgan fingerprint density at radius 3 is 1.91 bits per heavy atom. The summed E-state index contributed by atoms with van der Waals surface area (Å²) in [5, 5.41) is 33.4. The van der Waals surface area contributed by atoms with Crippen LogP contribution in [0.4, 0.5) is 0 Å². The summed E-state index contributed by atoms with van der Waals surface area (Å²) in [5.41, 5.74) is 1.39. The van der Waals surface area contributed by atoms with Gasteiger partial charge in [0.1, 0.15) is 0 Å². The van der Waals surface area contributed by atoms with Gasteiger partial charge in [-0.25, -0.2) is 8.98 Å². The van der Waals surface area contributed by atoms with Crippen LogP contribution in [0.25, 0.3) is 0 Å². The van der Waals surface area contributed by atoms with E-state index in [4.69, 9.17) is 9.29 Å². The molecule has 0 aliphatic rings. The molecule has 0 radical (unpaired) electrons. The van der Waals surface area contributed by atoms with Crippen molar-refractivity contribution >= 4 is 16.4 Å². The Bertz CT molecular complexity index is 1600. The van der Waals surface area contributed by atoms with Gasteiger partial charge in [-0.3, -0.25) is 4.55 Å². The predicted octanol–water partition coefficient (Wildman–Crippen LogP) is 8.19. The molecule has 0 fully saturated rings. The van der Waals surface area contributed by atoms with Crippen LogP contribution in [0.1, 0.15) is 59.4 Å². The standard InChI is InChI=1S/C43H59NO8S/c1-34(27-21-16-12-11-13-17-22-28-35(2)43(47)48)42(46)37(4)40(45)31-25-18-14-9-7-6-8-10-15-19-26-32-41(52-53(49,50)51)36(3)38(5)44-33-39-29-23-20-24-30-39/h6-11,13-15,17-31,34,36-38,40-42,44-46H,12,16,32-33H2,1-5H3,(H,47,48)(H,49,50,51). The fourth-order valence-corrected chi connectivity index (χ4v) is 5.41. The zero-order valence-electron chi connectivity index (χ0n) is 31.6. The maximum atomic E-state index is 11.5. The molecule has 1 aromatic carbocycles. The number of rotatable bonds is 25. The van der Waals surface area contributed by atoms with Gasteiger partial charge in [-0.15, -0.1) is 0 Å². The fourth-order valence-electron chi connectivity index (χ4n) is 4.85. The van der Waals surface area contributed by atoms with E-state index < -0.39 is 34.7 Å². The molecule has 9 nitrogen and oxygen atoms in total. The lowest BCUT2D eigenvalue weighted by Crippen LogP contribution is -2.39. The van der Waals surface area contributed by atoms with Crippen molar-refractivity contribution in [2.24, 2.45) is 17.8 Å². The highest BCUT2D eigenvalue weighted by Gasteiger charge is 2.27. The Kier molecular flexibility index (Phi) is 24.3. The maximum absolute atomic E-state index is 11.5. The molecule has 53 heavy (non-hydrogen) atoms. The third kappa shape index (κ3) is 23.2. The Morgan fingerprint density at radius 1 is 0.755 bits per heavy atom. The Hall–Kier alpha value is -4.16. The zero-order chi connectivity index (χ0) is 39.5. The summed E-state index contributed by atoms with van der Waals surface area (Å²) in [6.07, 6.45) is 34.1. The van der Waals surface area contributed by atoms with E-state index in [1.165, 1.54) is 6.92 Å². The molecule has 0 aliphatic heterocycles. The highest BCUT2D eigenvalue weighted by Crippen LogP contribution is 2.20. The number of hydrogen-bond acceptors (Lipinski definition) is 7. The van der Waals surface area contributed by atoms with Crippen molar-refractivity contribution in [2.45, 2.75) is 84.8 Å². The van der Waals surface area contributed by atoms with E-state index in [1.54, 1.807) is 48.6 Å². The monoisotopic (exact) mass is 749 g/mol. The molecule has 1 aromatic rings. The smallest absolute Gasteiger partial charge is 0.397 e. The van der Waals surface area contributed by atoms with E-state index in [9.17, 15) is 28.0 Å². The second-order valence-corrected chi connectivity index (χ2v) is 13.9. The van der Waals surface area contributed by atoms with Crippen LogP contribution in [-0.4, -0.2) is 58.6 Å². The highest BCUT2D eigenvalue weighted by atomic mass is 32.3. The zero-order valence-corrected chi connectivity index (χ0v) is 32.4. The van der Waals surface area contributed by atoms with Gasteiger partial charge >= 0.3 is 16.4 Å². The first-order chi connectivity index (χ1) is 25.2. The van der Waals surface area contributed by atoms with Crippen LogP contribution in [0.2, 0.25) is 0 Å². The number of unbranched alkanes of at least 4 members (excludes halogenated alkanes) is 1. The first-order valence-corrected chi connectivity index (χ1v) is 19.3. The fraction of sp³-hybridized carbons (Fsp3) is 0.372. The van der Waals surface area contributed by atoms with Crippen molar-refractivity contribution in [3.63, 3.8) is 0 Å². The molecule has 7 atom stereocenters. The minimum Gasteiger partial charge on any atom is -0.478 e. The molecule has 0 bridgehead atoms. The van der Waals surface area contributed by atoms with Gasteiger partial charge in [0.15, 0.2) is 0 Å². The van der Waals surface area contributed by atoms with Crippen LogP contribution in [-0.2, 0) is 25.9 Å². The number of aliphatic carboxylic acids is 1. The lowest BCUT2D eigenvalue weighted by atomic mass is 9.88. The molecule has 10 heteroatoms. The number of carbonyl (C=O) groups is 1. The van der Waals surface area contributed by atoms with Crippen molar-refractivity contribution in [3.8, 4) is 0 Å². The Morgan fingerprint density at radius 2 is 1.30 bits per heavy atom. The van der Waals surface area contributed by atoms with Crippen LogP contribution >= 0.6 is 0 Å². The van der Waals surface area contributed by atoms with Gasteiger partial charge in [-0.05, 0) is 44.6 Å². The van der Waals surface area contributed by atoms with E-state index in [0.717, 1.165) is 18.4 Å². The topological polar surface area (TPSA) is 153 Å². The second kappa shape index (κ2) is 27.4. The average Bonchev–Trinajstić information content (AvgIpc) is 3.12. The van der Waals surface area contributed by atoms with Gasteiger partial charge in [0.25, 0.3) is 0 Å². The van der Waals surface area contributed by atoms with Gasteiger partial charge in [-0.2, -0.15) is 8.42 Å². The first-order valence-electron chi connectivity index (χ1n) is 17.9.